The summed E-state index contributed by atoms with van der Waals surface area (Å²) in [6, 6.07) is 3.83. The molecule has 1 aliphatic heterocycles. The molecule has 100 valence electrons. The van der Waals surface area contributed by atoms with Crippen LogP contribution in [0.3, 0.4) is 0 Å². The van der Waals surface area contributed by atoms with Gasteiger partial charge in [-0.15, -0.1) is 0 Å². The van der Waals surface area contributed by atoms with Crippen molar-refractivity contribution in [1.29, 1.82) is 0 Å². The lowest BCUT2D eigenvalue weighted by molar-refractivity contribution is -0.139. The molecular formula is C10H11F3N2O2S. The molecule has 1 aliphatic rings. The molecular weight excluding hydrogens is 269 g/mol. The Balaban J connectivity index is 2.46. The van der Waals surface area contributed by atoms with Crippen LogP contribution < -0.4 is 5.73 Å². The van der Waals surface area contributed by atoms with E-state index in [0.717, 1.165) is 22.5 Å². The highest BCUT2D eigenvalue weighted by atomic mass is 32.2. The van der Waals surface area contributed by atoms with Gasteiger partial charge >= 0.3 is 6.18 Å². The van der Waals surface area contributed by atoms with Gasteiger partial charge in [-0.05, 0) is 12.1 Å². The molecule has 0 unspecified atom stereocenters. The summed E-state index contributed by atoms with van der Waals surface area (Å²) in [5.41, 5.74) is 4.29. The quantitative estimate of drug-likeness (QED) is 0.880. The minimum atomic E-state index is -4.70. The number of benzene rings is 1. The first kappa shape index (κ1) is 13.3. The van der Waals surface area contributed by atoms with Crippen molar-refractivity contribution in [3.63, 3.8) is 0 Å². The molecule has 4 nitrogen and oxygen atoms in total. The van der Waals surface area contributed by atoms with Gasteiger partial charge in [-0.1, -0.05) is 12.1 Å². The SMILES string of the molecule is NC1CN(S(=O)(=O)c2ccccc2C(F)(F)F)C1. The van der Waals surface area contributed by atoms with E-state index in [2.05, 4.69) is 0 Å². The Labute approximate surface area is 102 Å². The van der Waals surface area contributed by atoms with E-state index in [1.165, 1.54) is 6.07 Å². The van der Waals surface area contributed by atoms with Gasteiger partial charge in [-0.3, -0.25) is 0 Å². The predicted molar refractivity (Wildman–Crippen MR) is 58.2 cm³/mol. The van der Waals surface area contributed by atoms with Gasteiger partial charge < -0.3 is 5.73 Å². The van der Waals surface area contributed by atoms with Crippen LogP contribution in [0.5, 0.6) is 0 Å². The summed E-state index contributed by atoms with van der Waals surface area (Å²) in [5, 5.41) is 0. The molecule has 0 spiro atoms. The van der Waals surface area contributed by atoms with Crippen molar-refractivity contribution in [3.05, 3.63) is 29.8 Å². The van der Waals surface area contributed by atoms with Gasteiger partial charge in [0.15, 0.2) is 0 Å². The number of halogens is 3. The first-order valence-corrected chi connectivity index (χ1v) is 6.59. The number of alkyl halides is 3. The molecule has 2 N–H and O–H groups in total. The molecule has 1 aromatic carbocycles. The Hall–Kier alpha value is -1.12. The van der Waals surface area contributed by atoms with Gasteiger partial charge in [0.1, 0.15) is 0 Å². The second kappa shape index (κ2) is 4.22. The monoisotopic (exact) mass is 280 g/mol. The topological polar surface area (TPSA) is 63.4 Å². The van der Waals surface area contributed by atoms with Crippen molar-refractivity contribution in [2.24, 2.45) is 5.73 Å². The van der Waals surface area contributed by atoms with Crippen molar-refractivity contribution in [3.8, 4) is 0 Å². The summed E-state index contributed by atoms with van der Waals surface area (Å²) in [7, 11) is -4.12. The molecule has 0 saturated carbocycles. The van der Waals surface area contributed by atoms with E-state index in [1.807, 2.05) is 0 Å². The average Bonchev–Trinajstić information content (AvgIpc) is 2.23. The van der Waals surface area contributed by atoms with Crippen LogP contribution in [0.25, 0.3) is 0 Å². The molecule has 1 aromatic rings. The maximum atomic E-state index is 12.7. The fraction of sp³-hybridized carbons (Fsp3) is 0.400. The van der Waals surface area contributed by atoms with Crippen LogP contribution in [0.15, 0.2) is 29.2 Å². The third-order valence-corrected chi connectivity index (χ3v) is 4.58. The van der Waals surface area contributed by atoms with Crippen LogP contribution in [0.4, 0.5) is 13.2 Å². The Bertz CT molecular complexity index is 550. The summed E-state index contributed by atoms with van der Waals surface area (Å²) in [5.74, 6) is 0. The molecule has 1 heterocycles. The lowest BCUT2D eigenvalue weighted by Crippen LogP contribution is -2.57. The first-order valence-electron chi connectivity index (χ1n) is 5.15. The van der Waals surface area contributed by atoms with Gasteiger partial charge in [-0.25, -0.2) is 8.42 Å². The minimum absolute atomic E-state index is 0.0501. The zero-order valence-corrected chi connectivity index (χ0v) is 10.0. The lowest BCUT2D eigenvalue weighted by atomic mass is 10.2. The molecule has 8 heteroatoms. The van der Waals surface area contributed by atoms with Gasteiger partial charge in [0.25, 0.3) is 0 Å². The molecule has 0 radical (unpaired) electrons. The Morgan fingerprint density at radius 2 is 1.78 bits per heavy atom. The zero-order chi connectivity index (χ0) is 13.6. The molecule has 0 bridgehead atoms. The van der Waals surface area contributed by atoms with Crippen LogP contribution in [-0.2, 0) is 16.2 Å². The van der Waals surface area contributed by atoms with Crippen LogP contribution in [0, 0.1) is 0 Å². The molecule has 1 fully saturated rings. The first-order chi connectivity index (χ1) is 8.23. The van der Waals surface area contributed by atoms with E-state index in [4.69, 9.17) is 5.73 Å². The van der Waals surface area contributed by atoms with E-state index in [-0.39, 0.29) is 19.1 Å². The maximum Gasteiger partial charge on any atom is 0.417 e. The number of hydrogen-bond acceptors (Lipinski definition) is 3. The summed E-state index contributed by atoms with van der Waals surface area (Å²) < 4.78 is 63.1. The molecule has 0 aromatic heterocycles. The highest BCUT2D eigenvalue weighted by molar-refractivity contribution is 7.89. The third kappa shape index (κ3) is 2.23. The van der Waals surface area contributed by atoms with Crippen LogP contribution in [0.1, 0.15) is 5.56 Å². The molecule has 1 saturated heterocycles. The van der Waals surface area contributed by atoms with Crippen molar-refractivity contribution >= 4 is 10.0 Å². The average molecular weight is 280 g/mol. The third-order valence-electron chi connectivity index (χ3n) is 2.69. The van der Waals surface area contributed by atoms with E-state index < -0.39 is 26.7 Å². The highest BCUT2D eigenvalue weighted by Crippen LogP contribution is 2.35. The fourth-order valence-electron chi connectivity index (χ4n) is 1.73. The number of nitrogens with two attached hydrogens (primary N) is 1. The van der Waals surface area contributed by atoms with Gasteiger partial charge in [0, 0.05) is 19.1 Å². The van der Waals surface area contributed by atoms with Crippen molar-refractivity contribution < 1.29 is 21.6 Å². The Morgan fingerprint density at radius 1 is 1.22 bits per heavy atom. The number of hydrogen-bond donors (Lipinski definition) is 1. The minimum Gasteiger partial charge on any atom is -0.325 e. The Morgan fingerprint density at radius 3 is 2.28 bits per heavy atom. The maximum absolute atomic E-state index is 12.7. The second-order valence-electron chi connectivity index (χ2n) is 4.08. The van der Waals surface area contributed by atoms with E-state index in [1.54, 1.807) is 0 Å². The second-order valence-corrected chi connectivity index (χ2v) is 5.98. The molecule has 0 aliphatic carbocycles. The molecule has 0 atom stereocenters. The van der Waals surface area contributed by atoms with Gasteiger partial charge in [0.05, 0.1) is 10.5 Å². The summed E-state index contributed by atoms with van der Waals surface area (Å²) in [6.45, 7) is 0.100. The van der Waals surface area contributed by atoms with Crippen LogP contribution >= 0.6 is 0 Å². The van der Waals surface area contributed by atoms with E-state index in [9.17, 15) is 21.6 Å². The smallest absolute Gasteiger partial charge is 0.325 e. The summed E-state index contributed by atoms with van der Waals surface area (Å²) >= 11 is 0. The van der Waals surface area contributed by atoms with Crippen LogP contribution in [0.2, 0.25) is 0 Å². The Kier molecular flexibility index (Phi) is 3.12. The number of sulfonamides is 1. The van der Waals surface area contributed by atoms with Gasteiger partial charge in [0.2, 0.25) is 10.0 Å². The molecule has 18 heavy (non-hydrogen) atoms. The zero-order valence-electron chi connectivity index (χ0n) is 9.18. The largest absolute Gasteiger partial charge is 0.417 e. The highest BCUT2D eigenvalue weighted by Gasteiger charge is 2.41. The summed E-state index contributed by atoms with van der Waals surface area (Å²) in [6.07, 6.45) is -4.70. The number of rotatable bonds is 2. The van der Waals surface area contributed by atoms with Crippen LogP contribution in [-0.4, -0.2) is 31.9 Å². The van der Waals surface area contributed by atoms with E-state index in [0.29, 0.717) is 0 Å². The number of nitrogens with zero attached hydrogens (tertiary/aromatic N) is 1. The summed E-state index contributed by atoms with van der Waals surface area (Å²) in [4.78, 5) is -0.718. The van der Waals surface area contributed by atoms with Crippen molar-refractivity contribution in [2.75, 3.05) is 13.1 Å². The fourth-order valence-corrected chi connectivity index (χ4v) is 3.50. The molecule has 2 rings (SSSR count). The van der Waals surface area contributed by atoms with Crippen molar-refractivity contribution in [1.82, 2.24) is 4.31 Å². The van der Waals surface area contributed by atoms with Crippen molar-refractivity contribution in [2.45, 2.75) is 17.1 Å². The molecule has 0 amide bonds. The van der Waals surface area contributed by atoms with E-state index >= 15 is 0 Å². The van der Waals surface area contributed by atoms with Gasteiger partial charge in [-0.2, -0.15) is 17.5 Å². The standard InChI is InChI=1S/C10H11F3N2O2S/c11-10(12,13)8-3-1-2-4-9(8)18(16,17)15-5-7(14)6-15/h1-4,7H,5-6,14H2. The predicted octanol–water partition coefficient (Wildman–Crippen LogP) is 1.04. The lowest BCUT2D eigenvalue weighted by Gasteiger charge is -2.36. The normalized spacial score (nSPS) is 18.7.